The highest BCUT2D eigenvalue weighted by molar-refractivity contribution is 5.76. The van der Waals surface area contributed by atoms with Gasteiger partial charge in [-0.3, -0.25) is 9.59 Å². The van der Waals surface area contributed by atoms with E-state index in [2.05, 4.69) is 43.5 Å². The monoisotopic (exact) mass is 928 g/mol. The number of amides is 1. The van der Waals surface area contributed by atoms with Crippen LogP contribution in [0.1, 0.15) is 309 Å². The average molecular weight is 929 g/mol. The maximum atomic E-state index is 12.4. The number of unbranched alkanes of at least 4 members (excludes halogenated alkanes) is 39. The Bertz CT molecular complexity index is 1070. The molecule has 2 atom stereocenters. The lowest BCUT2D eigenvalue weighted by Crippen LogP contribution is -2.45. The zero-order valence-corrected chi connectivity index (χ0v) is 44.2. The van der Waals surface area contributed by atoms with Crippen LogP contribution in [-0.2, 0) is 14.3 Å². The number of carbonyl (C=O) groups is 2. The van der Waals surface area contributed by atoms with Crippen LogP contribution in [0.25, 0.3) is 0 Å². The Morgan fingerprint density at radius 2 is 0.712 bits per heavy atom. The maximum absolute atomic E-state index is 12.4. The molecule has 0 fully saturated rings. The Morgan fingerprint density at radius 3 is 1.08 bits per heavy atom. The predicted octanol–water partition coefficient (Wildman–Crippen LogP) is 18.0. The van der Waals surface area contributed by atoms with Crippen LogP contribution in [0.4, 0.5) is 0 Å². The minimum atomic E-state index is -0.849. The first-order chi connectivity index (χ1) is 32.5. The standard InChI is InChI=1S/C60H113NO5/c1-3-5-7-9-11-13-15-17-25-30-34-38-42-46-50-54-60(65)66-55-51-47-43-39-35-31-27-24-22-20-18-19-21-23-26-29-33-37-41-45-49-53-59(64)61-57(56-62)58(63)52-48-44-40-36-32-28-16-14-12-10-8-6-4-2/h17,19,21,25,48,52,57-58,62-63H,3-16,18,20,22-24,26-47,49-51,53-56H2,1-2H3,(H,61,64)/b21-19-,25-17-,52-48+. The molecular weight excluding hydrogens is 815 g/mol. The van der Waals surface area contributed by atoms with Gasteiger partial charge in [-0.25, -0.2) is 0 Å². The van der Waals surface area contributed by atoms with Crippen LogP contribution in [-0.4, -0.2) is 47.4 Å². The number of allylic oxidation sites excluding steroid dienone is 5. The quantitative estimate of drug-likeness (QED) is 0.0321. The second-order valence-corrected chi connectivity index (χ2v) is 20.0. The Kier molecular flexibility index (Phi) is 54.1. The zero-order valence-electron chi connectivity index (χ0n) is 44.2. The number of aliphatic hydroxyl groups excluding tert-OH is 2. The molecular formula is C60H113NO5. The third-order valence-corrected chi connectivity index (χ3v) is 13.4. The maximum Gasteiger partial charge on any atom is 0.305 e. The van der Waals surface area contributed by atoms with Gasteiger partial charge in [0.2, 0.25) is 5.91 Å². The number of esters is 1. The summed E-state index contributed by atoms with van der Waals surface area (Å²) in [7, 11) is 0. The molecule has 66 heavy (non-hydrogen) atoms. The van der Waals surface area contributed by atoms with Crippen molar-refractivity contribution in [3.8, 4) is 0 Å². The van der Waals surface area contributed by atoms with E-state index in [1.54, 1.807) is 6.08 Å². The molecule has 0 aromatic rings. The van der Waals surface area contributed by atoms with Crippen LogP contribution >= 0.6 is 0 Å². The van der Waals surface area contributed by atoms with Crippen molar-refractivity contribution in [2.75, 3.05) is 13.2 Å². The van der Waals surface area contributed by atoms with Crippen molar-refractivity contribution in [2.45, 2.75) is 321 Å². The summed E-state index contributed by atoms with van der Waals surface area (Å²) >= 11 is 0. The van der Waals surface area contributed by atoms with Crippen molar-refractivity contribution in [3.05, 3.63) is 36.5 Å². The second kappa shape index (κ2) is 55.7. The molecule has 0 bridgehead atoms. The summed E-state index contributed by atoms with van der Waals surface area (Å²) in [5, 5.41) is 23.1. The summed E-state index contributed by atoms with van der Waals surface area (Å²) in [5.41, 5.74) is 0. The number of ether oxygens (including phenoxy) is 1. The number of hydrogen-bond donors (Lipinski definition) is 3. The SMILES string of the molecule is CCCCCCCC/C=C\CCCCCCCC(=O)OCCCCCCCCCCCC/C=C\CCCCCCCCCC(=O)NC(CO)C(O)/C=C/CCCCCCCCCCCCC. The highest BCUT2D eigenvalue weighted by atomic mass is 16.5. The van der Waals surface area contributed by atoms with Gasteiger partial charge in [0, 0.05) is 12.8 Å². The third kappa shape index (κ3) is 51.5. The molecule has 6 nitrogen and oxygen atoms in total. The van der Waals surface area contributed by atoms with Crippen molar-refractivity contribution in [3.63, 3.8) is 0 Å². The normalized spacial score (nSPS) is 12.8. The van der Waals surface area contributed by atoms with Gasteiger partial charge in [-0.1, -0.05) is 249 Å². The number of hydrogen-bond acceptors (Lipinski definition) is 5. The number of rotatable bonds is 54. The minimum Gasteiger partial charge on any atom is -0.466 e. The first-order valence-electron chi connectivity index (χ1n) is 29.3. The van der Waals surface area contributed by atoms with E-state index in [9.17, 15) is 19.8 Å². The molecule has 0 aliphatic rings. The van der Waals surface area contributed by atoms with E-state index in [1.165, 1.54) is 231 Å². The van der Waals surface area contributed by atoms with Crippen molar-refractivity contribution in [2.24, 2.45) is 0 Å². The van der Waals surface area contributed by atoms with Gasteiger partial charge in [0.25, 0.3) is 0 Å². The first-order valence-corrected chi connectivity index (χ1v) is 29.3. The lowest BCUT2D eigenvalue weighted by atomic mass is 10.0. The average Bonchev–Trinajstić information content (AvgIpc) is 3.32. The minimum absolute atomic E-state index is 0.000621. The van der Waals surface area contributed by atoms with E-state index in [0.717, 1.165) is 51.4 Å². The largest absolute Gasteiger partial charge is 0.466 e. The van der Waals surface area contributed by atoms with E-state index < -0.39 is 12.1 Å². The van der Waals surface area contributed by atoms with E-state index in [0.29, 0.717) is 19.4 Å². The number of aliphatic hydroxyl groups is 2. The van der Waals surface area contributed by atoms with Gasteiger partial charge in [-0.15, -0.1) is 0 Å². The van der Waals surface area contributed by atoms with Gasteiger partial charge < -0.3 is 20.3 Å². The van der Waals surface area contributed by atoms with E-state index in [1.807, 2.05) is 6.08 Å². The van der Waals surface area contributed by atoms with Crippen molar-refractivity contribution in [1.82, 2.24) is 5.32 Å². The van der Waals surface area contributed by atoms with E-state index in [-0.39, 0.29) is 18.5 Å². The van der Waals surface area contributed by atoms with Gasteiger partial charge in [-0.2, -0.15) is 0 Å². The fourth-order valence-corrected chi connectivity index (χ4v) is 8.86. The van der Waals surface area contributed by atoms with Gasteiger partial charge in [0.15, 0.2) is 0 Å². The van der Waals surface area contributed by atoms with Gasteiger partial charge in [0.05, 0.1) is 25.4 Å². The Balaban J connectivity index is 3.44. The van der Waals surface area contributed by atoms with Crippen molar-refractivity contribution < 1.29 is 24.5 Å². The molecule has 388 valence electrons. The molecule has 0 spiro atoms. The molecule has 0 saturated carbocycles. The topological polar surface area (TPSA) is 95.9 Å². The molecule has 0 aliphatic heterocycles. The molecule has 2 unspecified atom stereocenters. The smallest absolute Gasteiger partial charge is 0.305 e. The van der Waals surface area contributed by atoms with Crippen LogP contribution in [0.2, 0.25) is 0 Å². The second-order valence-electron chi connectivity index (χ2n) is 20.0. The fraction of sp³-hybridized carbons (Fsp3) is 0.867. The highest BCUT2D eigenvalue weighted by Gasteiger charge is 2.18. The summed E-state index contributed by atoms with van der Waals surface area (Å²) < 4.78 is 5.47. The molecule has 0 aromatic carbocycles. The van der Waals surface area contributed by atoms with Crippen molar-refractivity contribution in [1.29, 1.82) is 0 Å². The first kappa shape index (κ1) is 64.1. The molecule has 3 N–H and O–H groups in total. The zero-order chi connectivity index (χ0) is 47.9. The lowest BCUT2D eigenvalue weighted by molar-refractivity contribution is -0.143. The van der Waals surface area contributed by atoms with Crippen LogP contribution in [0, 0.1) is 0 Å². The highest BCUT2D eigenvalue weighted by Crippen LogP contribution is 2.16. The number of nitrogens with one attached hydrogen (secondary N) is 1. The van der Waals surface area contributed by atoms with Gasteiger partial charge in [-0.05, 0) is 83.5 Å². The Labute approximate surface area is 411 Å². The predicted molar refractivity (Wildman–Crippen MR) is 287 cm³/mol. The fourth-order valence-electron chi connectivity index (χ4n) is 8.86. The molecule has 1 amide bonds. The molecule has 0 aromatic heterocycles. The van der Waals surface area contributed by atoms with Crippen LogP contribution < -0.4 is 5.32 Å². The van der Waals surface area contributed by atoms with Crippen LogP contribution in [0.5, 0.6) is 0 Å². The van der Waals surface area contributed by atoms with Crippen LogP contribution in [0.3, 0.4) is 0 Å². The molecule has 0 radical (unpaired) electrons. The van der Waals surface area contributed by atoms with E-state index in [4.69, 9.17) is 4.74 Å². The summed E-state index contributed by atoms with van der Waals surface area (Å²) in [6.45, 7) is 4.89. The molecule has 6 heteroatoms. The summed E-state index contributed by atoms with van der Waals surface area (Å²) in [6.07, 6.45) is 68.8. The molecule has 0 saturated heterocycles. The molecule has 0 aliphatic carbocycles. The summed E-state index contributed by atoms with van der Waals surface area (Å²) in [4.78, 5) is 24.5. The third-order valence-electron chi connectivity index (χ3n) is 13.4. The van der Waals surface area contributed by atoms with Gasteiger partial charge >= 0.3 is 5.97 Å². The summed E-state index contributed by atoms with van der Waals surface area (Å²) in [5.74, 6) is -0.0768. The Morgan fingerprint density at radius 1 is 0.409 bits per heavy atom. The van der Waals surface area contributed by atoms with Crippen molar-refractivity contribution >= 4 is 11.9 Å². The van der Waals surface area contributed by atoms with E-state index >= 15 is 0 Å². The lowest BCUT2D eigenvalue weighted by Gasteiger charge is -2.20. The van der Waals surface area contributed by atoms with Gasteiger partial charge in [0.1, 0.15) is 0 Å². The molecule has 0 heterocycles. The summed E-state index contributed by atoms with van der Waals surface area (Å²) in [6, 6.07) is -0.633. The van der Waals surface area contributed by atoms with Crippen LogP contribution in [0.15, 0.2) is 36.5 Å². The number of carbonyl (C=O) groups excluding carboxylic acids is 2. The Hall–Kier alpha value is -1.92. The molecule has 0 rings (SSSR count).